The molecule has 0 aliphatic heterocycles. The van der Waals surface area contributed by atoms with Crippen LogP contribution >= 0.6 is 0 Å². The largest absolute Gasteiger partial charge is 0.481 e. The Balaban J connectivity index is 3.91. The van der Waals surface area contributed by atoms with Gasteiger partial charge in [-0.15, -0.1) is 0 Å². The summed E-state index contributed by atoms with van der Waals surface area (Å²) in [5.74, 6) is -0.738. The van der Waals surface area contributed by atoms with Gasteiger partial charge in [0.15, 0.2) is 0 Å². The van der Waals surface area contributed by atoms with Gasteiger partial charge in [0.1, 0.15) is 6.04 Å². The minimum absolute atomic E-state index is 0.152. The summed E-state index contributed by atoms with van der Waals surface area (Å²) in [5, 5.41) is 16.5. The highest BCUT2D eigenvalue weighted by molar-refractivity contribution is 5.86. The lowest BCUT2D eigenvalue weighted by Gasteiger charge is -2.16. The van der Waals surface area contributed by atoms with Crippen LogP contribution in [0.3, 0.4) is 0 Å². The van der Waals surface area contributed by atoms with E-state index in [2.05, 4.69) is 16.0 Å². The average molecular weight is 301 g/mol. The Labute approximate surface area is 125 Å². The van der Waals surface area contributed by atoms with Crippen molar-refractivity contribution in [3.8, 4) is 0 Å². The van der Waals surface area contributed by atoms with E-state index in [0.717, 1.165) is 12.8 Å². The van der Waals surface area contributed by atoms with Crippen molar-refractivity contribution in [2.24, 2.45) is 5.92 Å². The second-order valence-electron chi connectivity index (χ2n) is 5.01. The number of urea groups is 1. The van der Waals surface area contributed by atoms with Crippen LogP contribution in [-0.4, -0.2) is 42.1 Å². The summed E-state index contributed by atoms with van der Waals surface area (Å²) >= 11 is 0. The highest BCUT2D eigenvalue weighted by atomic mass is 16.4. The molecule has 3 amide bonds. The molecule has 0 rings (SSSR count). The Hall–Kier alpha value is -1.79. The van der Waals surface area contributed by atoms with Gasteiger partial charge in [0.05, 0.1) is 0 Å². The molecule has 7 nitrogen and oxygen atoms in total. The first-order valence-corrected chi connectivity index (χ1v) is 7.44. The van der Waals surface area contributed by atoms with E-state index >= 15 is 0 Å². The van der Waals surface area contributed by atoms with E-state index in [1.165, 1.54) is 0 Å². The molecule has 0 radical (unpaired) electrons. The third-order valence-corrected chi connectivity index (χ3v) is 3.27. The number of nitrogens with one attached hydrogen (secondary N) is 3. The molecular weight excluding hydrogens is 274 g/mol. The lowest BCUT2D eigenvalue weighted by Crippen LogP contribution is -2.48. The lowest BCUT2D eigenvalue weighted by atomic mass is 9.97. The number of carbonyl (C=O) groups is 3. The fraction of sp³-hybridized carbons (Fsp3) is 0.786. The highest BCUT2D eigenvalue weighted by Crippen LogP contribution is 2.14. The SMILES string of the molecule is CCNC(=O)C(C)NC(=O)NCCC(CC)CCC(=O)O. The van der Waals surface area contributed by atoms with Crippen molar-refractivity contribution in [3.63, 3.8) is 0 Å². The maximum Gasteiger partial charge on any atom is 0.315 e. The highest BCUT2D eigenvalue weighted by Gasteiger charge is 2.14. The molecule has 0 aromatic carbocycles. The molecule has 122 valence electrons. The fourth-order valence-electron chi connectivity index (χ4n) is 1.91. The Kier molecular flexibility index (Phi) is 10.0. The fourth-order valence-corrected chi connectivity index (χ4v) is 1.91. The smallest absolute Gasteiger partial charge is 0.315 e. The van der Waals surface area contributed by atoms with Crippen molar-refractivity contribution in [1.82, 2.24) is 16.0 Å². The van der Waals surface area contributed by atoms with Gasteiger partial charge in [-0.25, -0.2) is 4.79 Å². The lowest BCUT2D eigenvalue weighted by molar-refractivity contribution is -0.137. The summed E-state index contributed by atoms with van der Waals surface area (Å²) in [4.78, 5) is 33.6. The van der Waals surface area contributed by atoms with Gasteiger partial charge in [-0.2, -0.15) is 0 Å². The van der Waals surface area contributed by atoms with Gasteiger partial charge < -0.3 is 21.1 Å². The predicted octanol–water partition coefficient (Wildman–Crippen LogP) is 1.09. The van der Waals surface area contributed by atoms with Crippen LogP contribution in [0.2, 0.25) is 0 Å². The maximum absolute atomic E-state index is 11.6. The van der Waals surface area contributed by atoms with Crippen LogP contribution in [0, 0.1) is 5.92 Å². The number of carbonyl (C=O) groups excluding carboxylic acids is 2. The zero-order valence-electron chi connectivity index (χ0n) is 13.1. The molecule has 4 N–H and O–H groups in total. The molecule has 0 bridgehead atoms. The van der Waals surface area contributed by atoms with Crippen LogP contribution < -0.4 is 16.0 Å². The van der Waals surface area contributed by atoms with Gasteiger partial charge in [0, 0.05) is 19.5 Å². The van der Waals surface area contributed by atoms with E-state index in [9.17, 15) is 14.4 Å². The standard InChI is InChI=1S/C14H27N3O4/c1-4-11(6-7-12(18)19)8-9-16-14(21)17-10(3)13(20)15-5-2/h10-11H,4-9H2,1-3H3,(H,15,20)(H,18,19)(H2,16,17,21). The molecule has 0 saturated heterocycles. The number of carboxylic acids is 1. The molecule has 0 aliphatic carbocycles. The molecule has 0 fully saturated rings. The summed E-state index contributed by atoms with van der Waals surface area (Å²) in [6.07, 6.45) is 2.38. The summed E-state index contributed by atoms with van der Waals surface area (Å²) in [6.45, 7) is 6.42. The quantitative estimate of drug-likeness (QED) is 0.484. The number of carboxylic acid groups (broad SMARTS) is 1. The van der Waals surface area contributed by atoms with E-state index in [-0.39, 0.29) is 24.3 Å². The zero-order valence-corrected chi connectivity index (χ0v) is 13.1. The van der Waals surface area contributed by atoms with Crippen molar-refractivity contribution in [1.29, 1.82) is 0 Å². The Morgan fingerprint density at radius 3 is 2.29 bits per heavy atom. The van der Waals surface area contributed by atoms with Crippen LogP contribution in [0.4, 0.5) is 4.79 Å². The van der Waals surface area contributed by atoms with E-state index in [1.807, 2.05) is 13.8 Å². The summed E-state index contributed by atoms with van der Waals surface area (Å²) in [6, 6.07) is -0.972. The topological polar surface area (TPSA) is 108 Å². The number of hydrogen-bond donors (Lipinski definition) is 4. The first-order chi connectivity index (χ1) is 9.90. The number of aliphatic carboxylic acids is 1. The number of rotatable bonds is 10. The van der Waals surface area contributed by atoms with Crippen LogP contribution in [0.25, 0.3) is 0 Å². The average Bonchev–Trinajstić information content (AvgIpc) is 2.42. The molecule has 0 spiro atoms. The molecule has 7 heteroatoms. The van der Waals surface area contributed by atoms with Crippen LogP contribution in [0.1, 0.15) is 46.5 Å². The van der Waals surface area contributed by atoms with E-state index < -0.39 is 12.0 Å². The number of likely N-dealkylation sites (N-methyl/N-ethyl adjacent to an activating group) is 1. The van der Waals surface area contributed by atoms with E-state index in [0.29, 0.717) is 19.5 Å². The summed E-state index contributed by atoms with van der Waals surface area (Å²) in [5.41, 5.74) is 0. The third kappa shape index (κ3) is 9.70. The monoisotopic (exact) mass is 301 g/mol. The Morgan fingerprint density at radius 1 is 1.10 bits per heavy atom. The molecule has 0 aromatic rings. The Morgan fingerprint density at radius 2 is 1.76 bits per heavy atom. The minimum Gasteiger partial charge on any atom is -0.481 e. The number of hydrogen-bond acceptors (Lipinski definition) is 3. The molecule has 21 heavy (non-hydrogen) atoms. The second kappa shape index (κ2) is 10.9. The van der Waals surface area contributed by atoms with E-state index in [4.69, 9.17) is 5.11 Å². The third-order valence-electron chi connectivity index (χ3n) is 3.27. The minimum atomic E-state index is -0.796. The number of amides is 3. The predicted molar refractivity (Wildman–Crippen MR) is 79.9 cm³/mol. The maximum atomic E-state index is 11.6. The Bertz CT molecular complexity index is 347. The van der Waals surface area contributed by atoms with Crippen molar-refractivity contribution in [2.45, 2.75) is 52.5 Å². The van der Waals surface area contributed by atoms with Crippen molar-refractivity contribution < 1.29 is 19.5 Å². The van der Waals surface area contributed by atoms with Gasteiger partial charge in [-0.05, 0) is 32.6 Å². The molecule has 0 aliphatic rings. The molecule has 2 atom stereocenters. The molecule has 0 aromatic heterocycles. The molecule has 0 heterocycles. The molecule has 0 saturated carbocycles. The first kappa shape index (κ1) is 19.2. The normalized spacial score (nSPS) is 13.1. The van der Waals surface area contributed by atoms with Gasteiger partial charge in [0.25, 0.3) is 0 Å². The molecule has 2 unspecified atom stereocenters. The molecular formula is C14H27N3O4. The van der Waals surface area contributed by atoms with E-state index in [1.54, 1.807) is 6.92 Å². The van der Waals surface area contributed by atoms with Gasteiger partial charge in [-0.1, -0.05) is 13.3 Å². The van der Waals surface area contributed by atoms with Crippen LogP contribution in [0.15, 0.2) is 0 Å². The van der Waals surface area contributed by atoms with Crippen molar-refractivity contribution in [2.75, 3.05) is 13.1 Å². The van der Waals surface area contributed by atoms with Crippen molar-refractivity contribution >= 4 is 17.9 Å². The van der Waals surface area contributed by atoms with Crippen LogP contribution in [0.5, 0.6) is 0 Å². The van der Waals surface area contributed by atoms with Crippen LogP contribution in [-0.2, 0) is 9.59 Å². The van der Waals surface area contributed by atoms with Gasteiger partial charge in [-0.3, -0.25) is 9.59 Å². The second-order valence-corrected chi connectivity index (χ2v) is 5.01. The van der Waals surface area contributed by atoms with Gasteiger partial charge in [0.2, 0.25) is 5.91 Å². The van der Waals surface area contributed by atoms with Gasteiger partial charge >= 0.3 is 12.0 Å². The first-order valence-electron chi connectivity index (χ1n) is 7.44. The summed E-state index contributed by atoms with van der Waals surface area (Å²) in [7, 11) is 0. The van der Waals surface area contributed by atoms with Crippen molar-refractivity contribution in [3.05, 3.63) is 0 Å². The summed E-state index contributed by atoms with van der Waals surface area (Å²) < 4.78 is 0. The zero-order chi connectivity index (χ0) is 16.3.